The molecule has 2 aromatic rings. The zero-order valence-corrected chi connectivity index (χ0v) is 16.2. The molecule has 0 saturated heterocycles. The number of para-hydroxylation sites is 1. The summed E-state index contributed by atoms with van der Waals surface area (Å²) in [5.74, 6) is -1.58. The van der Waals surface area contributed by atoms with Crippen molar-refractivity contribution in [3.63, 3.8) is 0 Å². The van der Waals surface area contributed by atoms with Crippen molar-refractivity contribution < 1.29 is 19.6 Å². The maximum absolute atomic E-state index is 12.6. The summed E-state index contributed by atoms with van der Waals surface area (Å²) in [5, 5.41) is 25.9. The van der Waals surface area contributed by atoms with Gasteiger partial charge >= 0.3 is 5.97 Å². The Balaban J connectivity index is 1.98. The monoisotopic (exact) mass is 445 g/mol. The first-order valence-electron chi connectivity index (χ1n) is 8.47. The number of carbonyl (C=O) groups excluding carboxylic acids is 1. The summed E-state index contributed by atoms with van der Waals surface area (Å²) in [6, 6.07) is 12.9. The molecule has 1 aliphatic heterocycles. The first-order valence-corrected chi connectivity index (χ1v) is 9.26. The highest BCUT2D eigenvalue weighted by molar-refractivity contribution is 9.10. The highest BCUT2D eigenvalue weighted by Crippen LogP contribution is 2.37. The van der Waals surface area contributed by atoms with Gasteiger partial charge in [-0.2, -0.15) is 5.10 Å². The van der Waals surface area contributed by atoms with Crippen LogP contribution in [0.1, 0.15) is 36.4 Å². The summed E-state index contributed by atoms with van der Waals surface area (Å²) >= 11 is 3.36. The van der Waals surface area contributed by atoms with Crippen molar-refractivity contribution in [3.8, 4) is 0 Å². The Morgan fingerprint density at radius 1 is 1.18 bits per heavy atom. The molecule has 0 radical (unpaired) electrons. The molecule has 1 heterocycles. The Kier molecular flexibility index (Phi) is 5.84. The largest absolute Gasteiger partial charge is 0.481 e. The van der Waals surface area contributed by atoms with Gasteiger partial charge in [-0.05, 0) is 23.8 Å². The third-order valence-corrected chi connectivity index (χ3v) is 4.92. The van der Waals surface area contributed by atoms with Crippen LogP contribution in [0, 0.1) is 10.1 Å². The highest BCUT2D eigenvalue weighted by Gasteiger charge is 2.36. The van der Waals surface area contributed by atoms with Crippen LogP contribution in [0.4, 0.5) is 5.69 Å². The summed E-state index contributed by atoms with van der Waals surface area (Å²) in [6.45, 7) is 0. The highest BCUT2D eigenvalue weighted by atomic mass is 79.9. The number of nitrogens with zero attached hydrogens (tertiary/aromatic N) is 3. The molecule has 1 aliphatic rings. The molecule has 1 N–H and O–H groups in total. The number of halogens is 1. The molecule has 0 saturated carbocycles. The van der Waals surface area contributed by atoms with E-state index in [1.54, 1.807) is 18.2 Å². The van der Waals surface area contributed by atoms with E-state index in [4.69, 9.17) is 5.11 Å². The van der Waals surface area contributed by atoms with Crippen LogP contribution in [0.2, 0.25) is 0 Å². The van der Waals surface area contributed by atoms with Crippen molar-refractivity contribution in [1.29, 1.82) is 0 Å². The van der Waals surface area contributed by atoms with Crippen LogP contribution in [-0.2, 0) is 9.59 Å². The predicted molar refractivity (Wildman–Crippen MR) is 105 cm³/mol. The quantitative estimate of drug-likeness (QED) is 0.534. The van der Waals surface area contributed by atoms with E-state index in [0.717, 1.165) is 10.0 Å². The van der Waals surface area contributed by atoms with Gasteiger partial charge in [0.2, 0.25) is 5.91 Å². The van der Waals surface area contributed by atoms with Crippen molar-refractivity contribution in [2.45, 2.75) is 25.3 Å². The maximum Gasteiger partial charge on any atom is 0.303 e. The molecule has 9 heteroatoms. The number of benzene rings is 2. The lowest BCUT2D eigenvalue weighted by atomic mass is 9.97. The van der Waals surface area contributed by atoms with Crippen LogP contribution in [0.25, 0.3) is 0 Å². The van der Waals surface area contributed by atoms with Crippen LogP contribution < -0.4 is 0 Å². The molecular formula is C19H16BrN3O5. The second-order valence-electron chi connectivity index (χ2n) is 6.22. The zero-order valence-electron chi connectivity index (χ0n) is 14.6. The van der Waals surface area contributed by atoms with Crippen LogP contribution in [0.3, 0.4) is 0 Å². The molecule has 0 aromatic heterocycles. The number of nitro groups is 1. The number of carboxylic acid groups (broad SMARTS) is 1. The third kappa shape index (κ3) is 4.25. The summed E-state index contributed by atoms with van der Waals surface area (Å²) in [6.07, 6.45) is -0.267. The van der Waals surface area contributed by atoms with Crippen molar-refractivity contribution >= 4 is 39.2 Å². The van der Waals surface area contributed by atoms with E-state index in [9.17, 15) is 19.7 Å². The number of hydrogen-bond donors (Lipinski definition) is 1. The molecule has 144 valence electrons. The molecule has 0 aliphatic carbocycles. The molecule has 1 amide bonds. The van der Waals surface area contributed by atoms with E-state index >= 15 is 0 Å². The Hall–Kier alpha value is -3.07. The Morgan fingerprint density at radius 2 is 1.86 bits per heavy atom. The minimum Gasteiger partial charge on any atom is -0.481 e. The number of hydrazone groups is 1. The summed E-state index contributed by atoms with van der Waals surface area (Å²) in [7, 11) is 0. The van der Waals surface area contributed by atoms with Gasteiger partial charge in [0, 0.05) is 23.4 Å². The van der Waals surface area contributed by atoms with Crippen molar-refractivity contribution in [2.75, 3.05) is 0 Å². The number of hydrogen-bond acceptors (Lipinski definition) is 5. The molecule has 28 heavy (non-hydrogen) atoms. The lowest BCUT2D eigenvalue weighted by Crippen LogP contribution is -2.27. The Morgan fingerprint density at radius 3 is 2.50 bits per heavy atom. The number of amides is 1. The Bertz CT molecular complexity index is 958. The van der Waals surface area contributed by atoms with Gasteiger partial charge in [-0.15, -0.1) is 0 Å². The minimum atomic E-state index is -1.09. The fourth-order valence-electron chi connectivity index (χ4n) is 3.06. The molecule has 3 rings (SSSR count). The van der Waals surface area contributed by atoms with Gasteiger partial charge in [0.15, 0.2) is 0 Å². The molecule has 0 fully saturated rings. The van der Waals surface area contributed by atoms with E-state index in [1.165, 1.54) is 11.1 Å². The van der Waals surface area contributed by atoms with E-state index in [1.807, 2.05) is 24.3 Å². The average Bonchev–Trinajstić information content (AvgIpc) is 3.12. The topological polar surface area (TPSA) is 113 Å². The molecule has 1 atom stereocenters. The van der Waals surface area contributed by atoms with Crippen molar-refractivity contribution in [1.82, 2.24) is 5.01 Å². The number of aliphatic carboxylic acids is 1. The maximum atomic E-state index is 12.6. The average molecular weight is 446 g/mol. The fourth-order valence-corrected chi connectivity index (χ4v) is 3.33. The second-order valence-corrected chi connectivity index (χ2v) is 7.14. The van der Waals surface area contributed by atoms with Crippen LogP contribution in [-0.4, -0.2) is 32.6 Å². The number of rotatable bonds is 6. The fraction of sp³-hybridized carbons (Fsp3) is 0.211. The van der Waals surface area contributed by atoms with Crippen molar-refractivity contribution in [2.24, 2.45) is 5.10 Å². The predicted octanol–water partition coefficient (Wildman–Crippen LogP) is 3.90. The van der Waals surface area contributed by atoms with Crippen LogP contribution in [0.5, 0.6) is 0 Å². The van der Waals surface area contributed by atoms with Gasteiger partial charge in [-0.25, -0.2) is 5.01 Å². The number of carboxylic acids is 1. The third-order valence-electron chi connectivity index (χ3n) is 4.39. The summed E-state index contributed by atoms with van der Waals surface area (Å²) in [4.78, 5) is 34.4. The first-order chi connectivity index (χ1) is 13.4. The normalized spacial score (nSPS) is 16.0. The SMILES string of the molecule is O=C(O)CCC(=O)N1N=C(c2ccc(Br)cc2)C[C@@H]1c1ccccc1[N+](=O)[O-]. The van der Waals surface area contributed by atoms with E-state index < -0.39 is 22.8 Å². The Labute approximate surface area is 168 Å². The van der Waals surface area contributed by atoms with Crippen LogP contribution in [0.15, 0.2) is 58.1 Å². The molecule has 0 bridgehead atoms. The van der Waals surface area contributed by atoms with Crippen molar-refractivity contribution in [3.05, 3.63) is 74.2 Å². The molecule has 0 spiro atoms. The molecule has 8 nitrogen and oxygen atoms in total. The van der Waals surface area contributed by atoms with Gasteiger partial charge in [0.05, 0.1) is 28.7 Å². The smallest absolute Gasteiger partial charge is 0.303 e. The number of nitro benzene ring substituents is 1. The van der Waals surface area contributed by atoms with Crippen LogP contribution >= 0.6 is 15.9 Å². The number of carbonyl (C=O) groups is 2. The molecule has 2 aromatic carbocycles. The molecule has 0 unspecified atom stereocenters. The van der Waals surface area contributed by atoms with E-state index in [2.05, 4.69) is 21.0 Å². The summed E-state index contributed by atoms with van der Waals surface area (Å²) in [5.41, 5.74) is 1.67. The lowest BCUT2D eigenvalue weighted by Gasteiger charge is -2.21. The van der Waals surface area contributed by atoms with Gasteiger partial charge < -0.3 is 5.11 Å². The first kappa shape index (κ1) is 19.7. The van der Waals surface area contributed by atoms with Gasteiger partial charge in [0.1, 0.15) is 0 Å². The van der Waals surface area contributed by atoms with E-state index in [-0.39, 0.29) is 18.5 Å². The van der Waals surface area contributed by atoms with Gasteiger partial charge in [-0.1, -0.05) is 40.2 Å². The minimum absolute atomic E-state index is 0.101. The van der Waals surface area contributed by atoms with Gasteiger partial charge in [-0.3, -0.25) is 19.7 Å². The lowest BCUT2D eigenvalue weighted by molar-refractivity contribution is -0.385. The zero-order chi connectivity index (χ0) is 20.3. The van der Waals surface area contributed by atoms with E-state index in [0.29, 0.717) is 17.7 Å². The second kappa shape index (κ2) is 8.30. The van der Waals surface area contributed by atoms with Gasteiger partial charge in [0.25, 0.3) is 5.69 Å². The molecular weight excluding hydrogens is 430 g/mol. The standard InChI is InChI=1S/C19H16BrN3O5/c20-13-7-5-12(6-8-13)15-11-17(14-3-1-2-4-16(14)23(27)28)22(21-15)18(24)9-10-19(25)26/h1-8,17H,9-11H2,(H,25,26)/t17-/m1/s1. The summed E-state index contributed by atoms with van der Waals surface area (Å²) < 4.78 is 0.888.